The van der Waals surface area contributed by atoms with Crippen molar-refractivity contribution in [2.45, 2.75) is 110 Å². The molecule has 0 aromatic rings. The van der Waals surface area contributed by atoms with Crippen molar-refractivity contribution in [2.75, 3.05) is 0 Å². The van der Waals surface area contributed by atoms with E-state index in [9.17, 15) is 4.79 Å². The first-order chi connectivity index (χ1) is 9.77. The van der Waals surface area contributed by atoms with Crippen LogP contribution in [0.4, 0.5) is 0 Å². The number of carboxylic acids is 1. The minimum absolute atomic E-state index is 0. The van der Waals surface area contributed by atoms with E-state index in [2.05, 4.69) is 6.92 Å². The van der Waals surface area contributed by atoms with E-state index in [1.54, 1.807) is 0 Å². The molecule has 0 fully saturated rings. The van der Waals surface area contributed by atoms with Crippen molar-refractivity contribution in [2.24, 2.45) is 0 Å². The standard InChI is InChI=1S/C18H36O2.2FH.2K/c1-2-3-4-5-6-7-8-9-10-11-12-13-14-15-16-17-18(19)20;;;;/h2-17H2,1H3,(H,19,20);2*1H;;/q;;;2*+1/p-2. The third-order valence-electron chi connectivity index (χ3n) is 3.99. The van der Waals surface area contributed by atoms with Gasteiger partial charge in [0.1, 0.15) is 0 Å². The molecule has 2 nitrogen and oxygen atoms in total. The van der Waals surface area contributed by atoms with Crippen molar-refractivity contribution in [1.29, 1.82) is 0 Å². The normalized spacial score (nSPS) is 9.04. The molecule has 0 aromatic carbocycles. The minimum Gasteiger partial charge on any atom is -1.00 e. The van der Waals surface area contributed by atoms with Crippen molar-refractivity contribution >= 4 is 5.97 Å². The molecule has 0 rings (SSSR count). The number of rotatable bonds is 16. The molecule has 0 unspecified atom stereocenters. The largest absolute Gasteiger partial charge is 1.00 e. The van der Waals surface area contributed by atoms with Crippen LogP contribution in [0.25, 0.3) is 0 Å². The van der Waals surface area contributed by atoms with E-state index in [4.69, 9.17) is 5.11 Å². The molecule has 0 aromatic heterocycles. The molecule has 24 heavy (non-hydrogen) atoms. The van der Waals surface area contributed by atoms with Crippen LogP contribution in [-0.2, 0) is 4.79 Å². The van der Waals surface area contributed by atoms with Crippen LogP contribution in [0.15, 0.2) is 0 Å². The summed E-state index contributed by atoms with van der Waals surface area (Å²) in [5.74, 6) is -0.653. The second kappa shape index (κ2) is 33.2. The van der Waals surface area contributed by atoms with Gasteiger partial charge in [-0.05, 0) is 6.42 Å². The zero-order valence-corrected chi connectivity index (χ0v) is 22.7. The fourth-order valence-electron chi connectivity index (χ4n) is 2.65. The summed E-state index contributed by atoms with van der Waals surface area (Å²) in [6.07, 6.45) is 20.2. The number of unbranched alkanes of at least 4 members (excludes halogenated alkanes) is 14. The number of hydrogen-bond donors (Lipinski definition) is 1. The summed E-state index contributed by atoms with van der Waals surface area (Å²) in [6, 6.07) is 0. The Bertz CT molecular complexity index is 221. The van der Waals surface area contributed by atoms with Crippen molar-refractivity contribution in [3.05, 3.63) is 0 Å². The van der Waals surface area contributed by atoms with E-state index in [1.807, 2.05) is 0 Å². The SMILES string of the molecule is CCCCCCCCCCCCCCCCCC(=O)O.[F-].[F-].[K+].[K+]. The molecule has 1 N–H and O–H groups in total. The summed E-state index contributed by atoms with van der Waals surface area (Å²) in [4.78, 5) is 10.3. The minimum atomic E-state index is -0.653. The monoisotopic (exact) mass is 400 g/mol. The summed E-state index contributed by atoms with van der Waals surface area (Å²) in [5.41, 5.74) is 0. The third kappa shape index (κ3) is 35.7. The van der Waals surface area contributed by atoms with Gasteiger partial charge in [0.15, 0.2) is 0 Å². The van der Waals surface area contributed by atoms with E-state index >= 15 is 0 Å². The molecule has 0 saturated carbocycles. The maximum Gasteiger partial charge on any atom is 1.00 e. The first-order valence-electron chi connectivity index (χ1n) is 8.99. The zero-order valence-electron chi connectivity index (χ0n) is 16.4. The van der Waals surface area contributed by atoms with Crippen LogP contribution in [0.3, 0.4) is 0 Å². The van der Waals surface area contributed by atoms with Crippen molar-refractivity contribution in [1.82, 2.24) is 0 Å². The predicted molar refractivity (Wildman–Crippen MR) is 87.2 cm³/mol. The second-order valence-corrected chi connectivity index (χ2v) is 6.09. The first kappa shape index (κ1) is 37.4. The van der Waals surface area contributed by atoms with Crippen LogP contribution in [0, 0.1) is 0 Å². The molecular formula is C18H36F2K2O2. The predicted octanol–water partition coefficient (Wildman–Crippen LogP) is -5.65. The molecule has 0 aliphatic rings. The first-order valence-corrected chi connectivity index (χ1v) is 8.99. The Morgan fingerprint density at radius 3 is 1.08 bits per heavy atom. The smallest absolute Gasteiger partial charge is 1.00 e. The number of aliphatic carboxylic acids is 1. The van der Waals surface area contributed by atoms with Gasteiger partial charge < -0.3 is 14.5 Å². The molecule has 6 heteroatoms. The second-order valence-electron chi connectivity index (χ2n) is 6.09. The van der Waals surface area contributed by atoms with Gasteiger partial charge in [0.05, 0.1) is 0 Å². The van der Waals surface area contributed by atoms with Gasteiger partial charge in [0.2, 0.25) is 0 Å². The van der Waals surface area contributed by atoms with Gasteiger partial charge in [-0.25, -0.2) is 0 Å². The average Bonchev–Trinajstić information content (AvgIpc) is 2.43. The summed E-state index contributed by atoms with van der Waals surface area (Å²) in [5, 5.41) is 8.52. The maximum absolute atomic E-state index is 10.3. The molecule has 0 bridgehead atoms. The van der Waals surface area contributed by atoms with Gasteiger partial charge >= 0.3 is 109 Å². The van der Waals surface area contributed by atoms with Crippen molar-refractivity contribution < 1.29 is 122 Å². The van der Waals surface area contributed by atoms with Gasteiger partial charge in [0.25, 0.3) is 0 Å². The molecule has 0 radical (unpaired) electrons. The van der Waals surface area contributed by atoms with Crippen LogP contribution in [-0.4, -0.2) is 11.1 Å². The van der Waals surface area contributed by atoms with Gasteiger partial charge in [-0.2, -0.15) is 0 Å². The number of carbonyl (C=O) groups is 1. The molecule has 0 saturated heterocycles. The van der Waals surface area contributed by atoms with Crippen molar-refractivity contribution in [3.8, 4) is 0 Å². The Hall–Kier alpha value is 2.60. The van der Waals surface area contributed by atoms with Crippen molar-refractivity contribution in [3.63, 3.8) is 0 Å². The van der Waals surface area contributed by atoms with Crippen LogP contribution in [0.2, 0.25) is 0 Å². The Labute approximate surface area is 233 Å². The fourth-order valence-corrected chi connectivity index (χ4v) is 2.65. The van der Waals surface area contributed by atoms with Crippen LogP contribution < -0.4 is 112 Å². The van der Waals surface area contributed by atoms with E-state index in [0.717, 1.165) is 12.8 Å². The molecule has 0 spiro atoms. The molecular weight excluding hydrogens is 364 g/mol. The van der Waals surface area contributed by atoms with E-state index in [1.165, 1.54) is 83.5 Å². The maximum atomic E-state index is 10.3. The van der Waals surface area contributed by atoms with E-state index in [-0.39, 0.29) is 112 Å². The average molecular weight is 401 g/mol. The summed E-state index contributed by atoms with van der Waals surface area (Å²) >= 11 is 0. The fraction of sp³-hybridized carbons (Fsp3) is 0.944. The quantitative estimate of drug-likeness (QED) is 0.207. The van der Waals surface area contributed by atoms with Gasteiger partial charge in [0, 0.05) is 6.42 Å². The topological polar surface area (TPSA) is 37.3 Å². The van der Waals surface area contributed by atoms with E-state index < -0.39 is 5.97 Å². The Balaban J connectivity index is -0.000000301. The van der Waals surface area contributed by atoms with E-state index in [0.29, 0.717) is 6.42 Å². The Morgan fingerprint density at radius 1 is 0.583 bits per heavy atom. The Morgan fingerprint density at radius 2 is 0.833 bits per heavy atom. The molecule has 136 valence electrons. The number of halogens is 2. The molecule has 0 amide bonds. The van der Waals surface area contributed by atoms with Gasteiger partial charge in [-0.1, -0.05) is 96.8 Å². The molecule has 0 aliphatic carbocycles. The molecule has 0 aliphatic heterocycles. The summed E-state index contributed by atoms with van der Waals surface area (Å²) < 4.78 is 0. The van der Waals surface area contributed by atoms with Gasteiger partial charge in [-0.3, -0.25) is 4.79 Å². The third-order valence-corrected chi connectivity index (χ3v) is 3.99. The summed E-state index contributed by atoms with van der Waals surface area (Å²) in [7, 11) is 0. The zero-order chi connectivity index (χ0) is 14.9. The van der Waals surface area contributed by atoms with Crippen LogP contribution in [0.1, 0.15) is 110 Å². The Kier molecular flexibility index (Phi) is 51.7. The number of hydrogen-bond acceptors (Lipinski definition) is 1. The van der Waals surface area contributed by atoms with Gasteiger partial charge in [-0.15, -0.1) is 0 Å². The molecule has 0 heterocycles. The number of carboxylic acid groups (broad SMARTS) is 1. The molecule has 0 atom stereocenters. The van der Waals surface area contributed by atoms with Crippen LogP contribution >= 0.6 is 0 Å². The van der Waals surface area contributed by atoms with Crippen LogP contribution in [0.5, 0.6) is 0 Å². The summed E-state index contributed by atoms with van der Waals surface area (Å²) in [6.45, 7) is 2.27.